The third kappa shape index (κ3) is 3.92. The van der Waals surface area contributed by atoms with Crippen molar-refractivity contribution in [3.05, 3.63) is 0 Å². The Morgan fingerprint density at radius 3 is 1.94 bits per heavy atom. The van der Waals surface area contributed by atoms with Gasteiger partial charge >= 0.3 is 28.3 Å². The minimum Gasteiger partial charge on any atom is -0.317 e. The van der Waals surface area contributed by atoms with E-state index in [0.717, 1.165) is 0 Å². The molecule has 0 aliphatic heterocycles. The predicted molar refractivity (Wildman–Crippen MR) is 37.6 cm³/mol. The largest absolute Gasteiger partial charge is 0.527 e. The number of hydrogen-bond acceptors (Lipinski definition) is 6. The second-order valence-corrected chi connectivity index (χ2v) is 4.08. The van der Waals surface area contributed by atoms with Crippen molar-refractivity contribution in [2.24, 2.45) is 0 Å². The number of hydrogen-bond donors (Lipinski definition) is 1. The molecule has 0 aliphatic carbocycles. The van der Waals surface area contributed by atoms with Gasteiger partial charge in [-0.2, -0.15) is 17.2 Å². The van der Waals surface area contributed by atoms with E-state index in [-0.39, 0.29) is 7.11 Å². The fraction of sp³-hybridized carbons (Fsp3) is 1.00. The summed E-state index contributed by atoms with van der Waals surface area (Å²) in [5, 5.41) is 3.35. The Bertz CT molecular complexity index is 369. The number of halogens is 6. The topological polar surface area (TPSA) is 85.3 Å². The zero-order chi connectivity index (χ0) is 14.8. The lowest BCUT2D eigenvalue weighted by molar-refractivity contribution is -0.469. The molecule has 0 heterocycles. The molecule has 0 fully saturated rings. The second kappa shape index (κ2) is 5.54. The monoisotopic (exact) mass is 309 g/mol. The van der Waals surface area contributed by atoms with Crippen molar-refractivity contribution < 1.29 is 54.3 Å². The summed E-state index contributed by atoms with van der Waals surface area (Å²) in [4.78, 5) is 0. The normalized spacial score (nSPS) is 17.2. The van der Waals surface area contributed by atoms with Crippen molar-refractivity contribution in [1.29, 1.82) is 0 Å². The van der Waals surface area contributed by atoms with Gasteiger partial charge in [-0.3, -0.25) is 9.94 Å². The van der Waals surface area contributed by atoms with Gasteiger partial charge in [-0.05, 0) is 0 Å². The van der Waals surface area contributed by atoms with Crippen LogP contribution in [-0.4, -0.2) is 43.7 Å². The van der Waals surface area contributed by atoms with E-state index in [2.05, 4.69) is 14.2 Å². The van der Waals surface area contributed by atoms with Crippen molar-refractivity contribution in [1.82, 2.24) is 4.69 Å². The highest BCUT2D eigenvalue weighted by atomic mass is 32.2. The van der Waals surface area contributed by atoms with Crippen molar-refractivity contribution in [3.8, 4) is 0 Å². The van der Waals surface area contributed by atoms with Crippen LogP contribution >= 0.6 is 0 Å². The first-order chi connectivity index (χ1) is 7.88. The maximum Gasteiger partial charge on any atom is 0.527 e. The maximum absolute atomic E-state index is 12.1. The van der Waals surface area contributed by atoms with Crippen LogP contribution in [0.2, 0.25) is 0 Å². The van der Waals surface area contributed by atoms with Crippen LogP contribution in [-0.2, 0) is 24.2 Å². The summed E-state index contributed by atoms with van der Waals surface area (Å²) >= 11 is 0. The molecule has 1 unspecified atom stereocenters. The van der Waals surface area contributed by atoms with Gasteiger partial charge in [0.1, 0.15) is 4.69 Å². The van der Waals surface area contributed by atoms with Gasteiger partial charge in [-0.15, -0.1) is 13.2 Å². The minimum atomic E-state index is -6.22. The summed E-state index contributed by atoms with van der Waals surface area (Å²) in [5.74, 6) is 0. The molecular formula is C4H5F6NO6S. The summed E-state index contributed by atoms with van der Waals surface area (Å²) in [6, 6.07) is 0. The van der Waals surface area contributed by atoms with Crippen LogP contribution in [0.25, 0.3) is 0 Å². The Morgan fingerprint density at radius 2 is 1.72 bits per heavy atom. The van der Waals surface area contributed by atoms with E-state index in [9.17, 15) is 34.9 Å². The summed E-state index contributed by atoms with van der Waals surface area (Å²) in [7, 11) is -6.09. The highest BCUT2D eigenvalue weighted by Gasteiger charge is 2.60. The Kier molecular flexibility index (Phi) is 5.33. The van der Waals surface area contributed by atoms with Crippen LogP contribution in [0.15, 0.2) is 0 Å². The summed E-state index contributed by atoms with van der Waals surface area (Å²) in [6.45, 7) is -4.15. The molecule has 1 atom stereocenters. The zero-order valence-corrected chi connectivity index (χ0v) is 9.01. The molecule has 0 saturated heterocycles. The highest BCUT2D eigenvalue weighted by molar-refractivity contribution is 7.89. The molecular weight excluding hydrogens is 304 g/mol. The standard InChI is InChI=1S/C4H5F6NO6S/c1-15-4(16-2(5)6,17-3(7,8)9)18(13,14)11(10)12/h2,12H,1H3. The number of nitrogens with zero attached hydrogens (tertiary/aromatic N) is 1. The molecule has 0 radical (unpaired) electrons. The lowest BCUT2D eigenvalue weighted by atomic mass is 11.1. The quantitative estimate of drug-likeness (QED) is 0.340. The van der Waals surface area contributed by atoms with Gasteiger partial charge in [0.05, 0.1) is 0 Å². The number of rotatable bonds is 6. The summed E-state index contributed by atoms with van der Waals surface area (Å²) in [5.41, 5.74) is 0. The molecule has 14 heteroatoms. The predicted octanol–water partition coefficient (Wildman–Crippen LogP) is 0.925. The molecule has 0 aromatic rings. The van der Waals surface area contributed by atoms with Gasteiger partial charge in [0.2, 0.25) is 0 Å². The Morgan fingerprint density at radius 1 is 1.28 bits per heavy atom. The van der Waals surface area contributed by atoms with Crippen molar-refractivity contribution >= 4 is 10.0 Å². The first kappa shape index (κ1) is 17.3. The van der Waals surface area contributed by atoms with E-state index in [1.807, 2.05) is 0 Å². The van der Waals surface area contributed by atoms with Gasteiger partial charge in [-0.1, -0.05) is 4.48 Å². The molecule has 0 spiro atoms. The zero-order valence-electron chi connectivity index (χ0n) is 8.19. The number of ether oxygens (including phenoxy) is 3. The average Bonchev–Trinajstić information content (AvgIpc) is 2.12. The van der Waals surface area contributed by atoms with Crippen molar-refractivity contribution in [3.63, 3.8) is 0 Å². The third-order valence-corrected chi connectivity index (χ3v) is 2.61. The SMILES string of the molecule is COC(OC(F)F)(OC(F)(F)F)S(=O)(=O)N(O)F. The molecule has 0 bridgehead atoms. The van der Waals surface area contributed by atoms with Crippen LogP contribution in [0, 0.1) is 0 Å². The first-order valence-corrected chi connectivity index (χ1v) is 4.99. The molecule has 0 aromatic heterocycles. The van der Waals surface area contributed by atoms with Crippen LogP contribution in [0.4, 0.5) is 26.4 Å². The van der Waals surface area contributed by atoms with E-state index < -0.39 is 33.0 Å². The van der Waals surface area contributed by atoms with E-state index >= 15 is 0 Å². The highest BCUT2D eigenvalue weighted by Crippen LogP contribution is 2.34. The molecule has 18 heavy (non-hydrogen) atoms. The van der Waals surface area contributed by atoms with E-state index in [1.165, 1.54) is 0 Å². The fourth-order valence-electron chi connectivity index (χ4n) is 0.676. The van der Waals surface area contributed by atoms with Gasteiger partial charge in [-0.25, -0.2) is 4.74 Å². The van der Waals surface area contributed by atoms with Crippen molar-refractivity contribution in [2.75, 3.05) is 7.11 Å². The van der Waals surface area contributed by atoms with Crippen LogP contribution < -0.4 is 0 Å². The number of alkyl halides is 5. The Labute approximate surface area is 95.4 Å². The molecule has 0 aliphatic rings. The van der Waals surface area contributed by atoms with Gasteiger partial charge in [0.15, 0.2) is 0 Å². The lowest BCUT2D eigenvalue weighted by Crippen LogP contribution is -2.54. The minimum absolute atomic E-state index is 0.134. The second-order valence-electron chi connectivity index (χ2n) is 2.33. The molecule has 110 valence electrons. The number of methoxy groups -OCH3 is 1. The van der Waals surface area contributed by atoms with E-state index in [1.54, 1.807) is 0 Å². The molecule has 0 amide bonds. The Hall–Kier alpha value is -0.670. The molecule has 1 N–H and O–H groups in total. The first-order valence-electron chi connectivity index (χ1n) is 3.55. The molecule has 0 aromatic carbocycles. The lowest BCUT2D eigenvalue weighted by Gasteiger charge is -2.30. The molecule has 7 nitrogen and oxygen atoms in total. The van der Waals surface area contributed by atoms with Gasteiger partial charge < -0.3 is 4.74 Å². The summed E-state index contributed by atoms with van der Waals surface area (Å²) < 4.78 is 100.0. The summed E-state index contributed by atoms with van der Waals surface area (Å²) in [6.07, 6.45) is -5.85. The van der Waals surface area contributed by atoms with Crippen LogP contribution in [0.1, 0.15) is 0 Å². The van der Waals surface area contributed by atoms with Crippen LogP contribution in [0.5, 0.6) is 0 Å². The Balaban J connectivity index is 5.66. The maximum atomic E-state index is 12.1. The van der Waals surface area contributed by atoms with Gasteiger partial charge in [0.25, 0.3) is 0 Å². The fourth-order valence-corrected chi connectivity index (χ4v) is 1.46. The average molecular weight is 309 g/mol. The van der Waals surface area contributed by atoms with Crippen molar-refractivity contribution in [2.45, 2.75) is 18.3 Å². The molecule has 0 saturated carbocycles. The smallest absolute Gasteiger partial charge is 0.317 e. The number of sulfonamides is 1. The van der Waals surface area contributed by atoms with E-state index in [0.29, 0.717) is 0 Å². The third-order valence-electron chi connectivity index (χ3n) is 1.24. The van der Waals surface area contributed by atoms with Gasteiger partial charge in [0, 0.05) is 7.11 Å². The van der Waals surface area contributed by atoms with E-state index in [4.69, 9.17) is 5.21 Å². The van der Waals surface area contributed by atoms with Crippen LogP contribution in [0.3, 0.4) is 0 Å². The molecule has 0 rings (SSSR count).